The highest BCUT2D eigenvalue weighted by Gasteiger charge is 2.08. The molecule has 1 heterocycles. The molecule has 0 aliphatic rings. The molecule has 0 spiro atoms. The molecule has 1 aromatic heterocycles. The standard InChI is InChI=1S/C20H18FN3OS/c1-13-8-9-22-19(10-13)23-20(25)15-4-3-5-16(11-15)24-26-17-7-6-14(2)18(21)12-17/h3-12,24H,1-2H3,(H,22,23,25). The van der Waals surface area contributed by atoms with Crippen molar-refractivity contribution in [1.29, 1.82) is 0 Å². The van der Waals surface area contributed by atoms with Crippen LogP contribution in [0.1, 0.15) is 21.5 Å². The van der Waals surface area contributed by atoms with Crippen molar-refractivity contribution in [2.75, 3.05) is 10.0 Å². The van der Waals surface area contributed by atoms with Gasteiger partial charge in [-0.3, -0.25) is 4.79 Å². The van der Waals surface area contributed by atoms with Crippen molar-refractivity contribution in [2.24, 2.45) is 0 Å². The normalized spacial score (nSPS) is 10.4. The fourth-order valence-electron chi connectivity index (χ4n) is 2.27. The number of halogens is 1. The number of aromatic nitrogens is 1. The molecule has 4 nitrogen and oxygen atoms in total. The van der Waals surface area contributed by atoms with E-state index in [0.29, 0.717) is 16.9 Å². The monoisotopic (exact) mass is 367 g/mol. The van der Waals surface area contributed by atoms with Crippen molar-refractivity contribution in [3.63, 3.8) is 0 Å². The molecule has 3 aromatic rings. The Labute approximate surface area is 156 Å². The highest BCUT2D eigenvalue weighted by atomic mass is 32.2. The minimum atomic E-state index is -0.240. The van der Waals surface area contributed by atoms with E-state index in [1.807, 2.05) is 31.2 Å². The molecule has 1 amide bonds. The SMILES string of the molecule is Cc1ccnc(NC(=O)c2cccc(NSc3ccc(C)c(F)c3)c2)c1. The van der Waals surface area contributed by atoms with Crippen LogP contribution in [0.4, 0.5) is 15.9 Å². The highest BCUT2D eigenvalue weighted by Crippen LogP contribution is 2.23. The van der Waals surface area contributed by atoms with E-state index in [-0.39, 0.29) is 11.7 Å². The van der Waals surface area contributed by atoms with Crippen LogP contribution in [0.2, 0.25) is 0 Å². The largest absolute Gasteiger partial charge is 0.326 e. The van der Waals surface area contributed by atoms with E-state index in [1.54, 1.807) is 37.4 Å². The molecule has 0 aliphatic heterocycles. The van der Waals surface area contributed by atoms with Gasteiger partial charge in [-0.25, -0.2) is 9.37 Å². The maximum atomic E-state index is 13.6. The van der Waals surface area contributed by atoms with Crippen molar-refractivity contribution in [2.45, 2.75) is 18.7 Å². The molecule has 0 atom stereocenters. The fourth-order valence-corrected chi connectivity index (χ4v) is 2.93. The average Bonchev–Trinajstić information content (AvgIpc) is 2.63. The van der Waals surface area contributed by atoms with Crippen molar-refractivity contribution in [3.05, 3.63) is 83.3 Å². The first-order chi connectivity index (χ1) is 12.5. The molecule has 0 saturated heterocycles. The first kappa shape index (κ1) is 17.9. The number of pyridine rings is 1. The van der Waals surface area contributed by atoms with E-state index in [4.69, 9.17) is 0 Å². The number of amides is 1. The molecule has 0 aliphatic carbocycles. The number of hydrogen-bond donors (Lipinski definition) is 2. The summed E-state index contributed by atoms with van der Waals surface area (Å²) in [5.41, 5.74) is 2.89. The van der Waals surface area contributed by atoms with Crippen LogP contribution in [0.15, 0.2) is 65.7 Å². The summed E-state index contributed by atoms with van der Waals surface area (Å²) in [5, 5.41) is 2.78. The van der Waals surface area contributed by atoms with Gasteiger partial charge in [0.15, 0.2) is 0 Å². The Morgan fingerprint density at radius 3 is 2.69 bits per heavy atom. The van der Waals surface area contributed by atoms with Gasteiger partial charge in [-0.2, -0.15) is 0 Å². The van der Waals surface area contributed by atoms with E-state index < -0.39 is 0 Å². The zero-order valence-corrected chi connectivity index (χ0v) is 15.2. The summed E-state index contributed by atoms with van der Waals surface area (Å²) in [4.78, 5) is 17.3. The number of carbonyl (C=O) groups is 1. The molecule has 3 rings (SSSR count). The molecule has 0 radical (unpaired) electrons. The lowest BCUT2D eigenvalue weighted by molar-refractivity contribution is 0.102. The molecule has 26 heavy (non-hydrogen) atoms. The minimum absolute atomic E-state index is 0.238. The van der Waals surface area contributed by atoms with Gasteiger partial charge in [0.2, 0.25) is 0 Å². The molecule has 0 unspecified atom stereocenters. The van der Waals surface area contributed by atoms with Crippen molar-refractivity contribution in [3.8, 4) is 0 Å². The summed E-state index contributed by atoms with van der Waals surface area (Å²) in [5.74, 6) is 0.0339. The lowest BCUT2D eigenvalue weighted by Crippen LogP contribution is -2.13. The smallest absolute Gasteiger partial charge is 0.256 e. The third-order valence-electron chi connectivity index (χ3n) is 3.71. The molecule has 0 fully saturated rings. The van der Waals surface area contributed by atoms with Crippen LogP contribution in [-0.4, -0.2) is 10.9 Å². The zero-order valence-electron chi connectivity index (χ0n) is 14.4. The Morgan fingerprint density at radius 1 is 1.08 bits per heavy atom. The summed E-state index contributed by atoms with van der Waals surface area (Å²) in [6, 6.07) is 15.8. The molecule has 2 aromatic carbocycles. The van der Waals surface area contributed by atoms with E-state index >= 15 is 0 Å². The van der Waals surface area contributed by atoms with Crippen molar-refractivity contribution in [1.82, 2.24) is 4.98 Å². The summed E-state index contributed by atoms with van der Waals surface area (Å²) >= 11 is 1.29. The first-order valence-corrected chi connectivity index (χ1v) is 8.86. The Balaban J connectivity index is 1.67. The van der Waals surface area contributed by atoms with Gasteiger partial charge in [-0.05, 0) is 79.4 Å². The van der Waals surface area contributed by atoms with Gasteiger partial charge in [-0.1, -0.05) is 12.1 Å². The van der Waals surface area contributed by atoms with Gasteiger partial charge in [-0.15, -0.1) is 0 Å². The zero-order chi connectivity index (χ0) is 18.5. The van der Waals surface area contributed by atoms with Crippen LogP contribution in [0.25, 0.3) is 0 Å². The number of benzene rings is 2. The van der Waals surface area contributed by atoms with Gasteiger partial charge in [0.1, 0.15) is 11.6 Å². The summed E-state index contributed by atoms with van der Waals surface area (Å²) in [7, 11) is 0. The number of nitrogens with zero attached hydrogens (tertiary/aromatic N) is 1. The van der Waals surface area contributed by atoms with Gasteiger partial charge >= 0.3 is 0 Å². The predicted molar refractivity (Wildman–Crippen MR) is 104 cm³/mol. The summed E-state index contributed by atoms with van der Waals surface area (Å²) in [6.45, 7) is 3.66. The first-order valence-electron chi connectivity index (χ1n) is 8.04. The van der Waals surface area contributed by atoms with E-state index in [2.05, 4.69) is 15.0 Å². The van der Waals surface area contributed by atoms with Gasteiger partial charge < -0.3 is 10.0 Å². The van der Waals surface area contributed by atoms with Crippen LogP contribution >= 0.6 is 11.9 Å². The van der Waals surface area contributed by atoms with Crippen LogP contribution in [-0.2, 0) is 0 Å². The molecule has 0 bridgehead atoms. The van der Waals surface area contributed by atoms with Gasteiger partial charge in [0.05, 0.1) is 0 Å². The number of carbonyl (C=O) groups excluding carboxylic acids is 1. The quantitative estimate of drug-likeness (QED) is 0.608. The lowest BCUT2D eigenvalue weighted by Gasteiger charge is -2.09. The molecule has 6 heteroatoms. The Hall–Kier alpha value is -2.86. The van der Waals surface area contributed by atoms with E-state index in [9.17, 15) is 9.18 Å². The minimum Gasteiger partial charge on any atom is -0.326 e. The third kappa shape index (κ3) is 4.61. The second-order valence-corrected chi connectivity index (χ2v) is 6.75. The summed E-state index contributed by atoms with van der Waals surface area (Å²) < 4.78 is 16.7. The molecular weight excluding hydrogens is 349 g/mol. The van der Waals surface area contributed by atoms with Crippen LogP contribution in [0.3, 0.4) is 0 Å². The van der Waals surface area contributed by atoms with E-state index in [0.717, 1.165) is 16.1 Å². The topological polar surface area (TPSA) is 54.0 Å². The Kier molecular flexibility index (Phi) is 5.53. The highest BCUT2D eigenvalue weighted by molar-refractivity contribution is 8.00. The van der Waals surface area contributed by atoms with Crippen molar-refractivity contribution >= 4 is 29.4 Å². The lowest BCUT2D eigenvalue weighted by atomic mass is 10.2. The van der Waals surface area contributed by atoms with Crippen LogP contribution < -0.4 is 10.0 Å². The number of anilines is 2. The average molecular weight is 367 g/mol. The number of nitrogens with one attached hydrogen (secondary N) is 2. The fraction of sp³-hybridized carbons (Fsp3) is 0.100. The van der Waals surface area contributed by atoms with Gasteiger partial charge in [0.25, 0.3) is 5.91 Å². The second kappa shape index (κ2) is 8.01. The maximum absolute atomic E-state index is 13.6. The Morgan fingerprint density at radius 2 is 1.92 bits per heavy atom. The number of hydrogen-bond acceptors (Lipinski definition) is 4. The molecular formula is C20H18FN3OS. The van der Waals surface area contributed by atoms with Gasteiger partial charge in [0, 0.05) is 22.3 Å². The maximum Gasteiger partial charge on any atom is 0.256 e. The predicted octanol–water partition coefficient (Wildman–Crippen LogP) is 5.21. The van der Waals surface area contributed by atoms with Crippen molar-refractivity contribution < 1.29 is 9.18 Å². The number of aryl methyl sites for hydroxylation is 2. The third-order valence-corrected chi connectivity index (χ3v) is 4.54. The van der Waals surface area contributed by atoms with Crippen LogP contribution in [0.5, 0.6) is 0 Å². The number of rotatable bonds is 5. The molecule has 132 valence electrons. The van der Waals surface area contributed by atoms with E-state index in [1.165, 1.54) is 18.0 Å². The van der Waals surface area contributed by atoms with Crippen LogP contribution in [0, 0.1) is 19.7 Å². The molecule has 0 saturated carbocycles. The summed E-state index contributed by atoms with van der Waals surface area (Å²) in [6.07, 6.45) is 1.65. The second-order valence-electron chi connectivity index (χ2n) is 5.87. The molecule has 2 N–H and O–H groups in total. The Bertz CT molecular complexity index is 946.